The fourth-order valence-electron chi connectivity index (χ4n) is 2.50. The standard InChI is InChI=1S/C13H21N3O4S/c1-4-9-21(18,19)16-7-5-15(6-8-16)13(17)12-10(2)14-20-11(12)3/h4-9H2,1-3H3. The van der Waals surface area contributed by atoms with Crippen LogP contribution in [0.1, 0.15) is 35.2 Å². The van der Waals surface area contributed by atoms with E-state index in [-0.39, 0.29) is 11.7 Å². The molecule has 7 nitrogen and oxygen atoms in total. The zero-order valence-electron chi connectivity index (χ0n) is 12.6. The first-order valence-electron chi connectivity index (χ1n) is 7.06. The van der Waals surface area contributed by atoms with Gasteiger partial charge in [-0.15, -0.1) is 0 Å². The molecule has 1 aromatic rings. The number of carbonyl (C=O) groups is 1. The summed E-state index contributed by atoms with van der Waals surface area (Å²) in [4.78, 5) is 14.1. The number of hydrogen-bond acceptors (Lipinski definition) is 5. The molecule has 0 bridgehead atoms. The third-order valence-electron chi connectivity index (χ3n) is 3.63. The molecule has 0 radical (unpaired) electrons. The number of amides is 1. The second-order valence-corrected chi connectivity index (χ2v) is 7.29. The van der Waals surface area contributed by atoms with Gasteiger partial charge in [0, 0.05) is 26.2 Å². The Bertz CT molecular complexity index is 596. The van der Waals surface area contributed by atoms with Crippen LogP contribution in [0.4, 0.5) is 0 Å². The topological polar surface area (TPSA) is 83.7 Å². The predicted molar refractivity (Wildman–Crippen MR) is 77.5 cm³/mol. The molecule has 8 heteroatoms. The number of aromatic nitrogens is 1. The smallest absolute Gasteiger partial charge is 0.259 e. The summed E-state index contributed by atoms with van der Waals surface area (Å²) in [5, 5.41) is 3.78. The van der Waals surface area contributed by atoms with Crippen molar-refractivity contribution in [1.82, 2.24) is 14.4 Å². The lowest BCUT2D eigenvalue weighted by Gasteiger charge is -2.33. The molecule has 1 saturated heterocycles. The molecule has 1 aliphatic heterocycles. The first kappa shape index (κ1) is 16.0. The average molecular weight is 315 g/mol. The number of piperazine rings is 1. The fourth-order valence-corrected chi connectivity index (χ4v) is 4.00. The molecule has 1 aliphatic rings. The van der Waals surface area contributed by atoms with E-state index >= 15 is 0 Å². The predicted octanol–water partition coefficient (Wildman–Crippen LogP) is 0.789. The molecule has 0 aliphatic carbocycles. The third-order valence-corrected chi connectivity index (χ3v) is 5.70. The average Bonchev–Trinajstić information content (AvgIpc) is 2.77. The largest absolute Gasteiger partial charge is 0.361 e. The number of nitrogens with zero attached hydrogens (tertiary/aromatic N) is 3. The normalized spacial score (nSPS) is 17.2. The Kier molecular flexibility index (Phi) is 4.67. The molecule has 2 heterocycles. The Morgan fingerprint density at radius 1 is 1.24 bits per heavy atom. The zero-order chi connectivity index (χ0) is 15.6. The van der Waals surface area contributed by atoms with Gasteiger partial charge in [0.05, 0.1) is 11.4 Å². The van der Waals surface area contributed by atoms with Crippen molar-refractivity contribution in [2.75, 3.05) is 31.9 Å². The molecular formula is C13H21N3O4S. The number of rotatable bonds is 4. The summed E-state index contributed by atoms with van der Waals surface area (Å²) in [5.41, 5.74) is 1.05. The lowest BCUT2D eigenvalue weighted by atomic mass is 10.1. The van der Waals surface area contributed by atoms with E-state index in [1.54, 1.807) is 18.7 Å². The van der Waals surface area contributed by atoms with Gasteiger partial charge in [0.1, 0.15) is 11.3 Å². The van der Waals surface area contributed by atoms with Crippen LogP contribution in [0.2, 0.25) is 0 Å². The maximum atomic E-state index is 12.4. The Hall–Kier alpha value is -1.41. The molecule has 0 spiro atoms. The molecule has 0 aromatic carbocycles. The van der Waals surface area contributed by atoms with Crippen LogP contribution in [0, 0.1) is 13.8 Å². The lowest BCUT2D eigenvalue weighted by Crippen LogP contribution is -2.51. The summed E-state index contributed by atoms with van der Waals surface area (Å²) >= 11 is 0. The Morgan fingerprint density at radius 2 is 1.86 bits per heavy atom. The highest BCUT2D eigenvalue weighted by molar-refractivity contribution is 7.89. The second-order valence-electron chi connectivity index (χ2n) is 5.21. The van der Waals surface area contributed by atoms with Crippen molar-refractivity contribution in [1.29, 1.82) is 0 Å². The van der Waals surface area contributed by atoms with Gasteiger partial charge in [0.2, 0.25) is 10.0 Å². The second kappa shape index (κ2) is 6.15. The van der Waals surface area contributed by atoms with Crippen LogP contribution in [0.3, 0.4) is 0 Å². The molecule has 2 rings (SSSR count). The Balaban J connectivity index is 2.03. The van der Waals surface area contributed by atoms with Crippen molar-refractivity contribution < 1.29 is 17.7 Å². The minimum atomic E-state index is -3.19. The molecule has 0 unspecified atom stereocenters. The van der Waals surface area contributed by atoms with E-state index in [9.17, 15) is 13.2 Å². The third kappa shape index (κ3) is 3.26. The van der Waals surface area contributed by atoms with Gasteiger partial charge in [0.15, 0.2) is 0 Å². The van der Waals surface area contributed by atoms with Crippen molar-refractivity contribution >= 4 is 15.9 Å². The van der Waals surface area contributed by atoms with E-state index in [0.717, 1.165) is 0 Å². The van der Waals surface area contributed by atoms with E-state index in [1.807, 2.05) is 6.92 Å². The van der Waals surface area contributed by atoms with E-state index < -0.39 is 10.0 Å². The minimum absolute atomic E-state index is 0.140. The van der Waals surface area contributed by atoms with Gasteiger partial charge in [-0.3, -0.25) is 4.79 Å². The van der Waals surface area contributed by atoms with Crippen LogP contribution in [-0.4, -0.2) is 60.6 Å². The summed E-state index contributed by atoms with van der Waals surface area (Å²) in [6.07, 6.45) is 0.598. The monoisotopic (exact) mass is 315 g/mol. The fraction of sp³-hybridized carbons (Fsp3) is 0.692. The van der Waals surface area contributed by atoms with Crippen LogP contribution < -0.4 is 0 Å². The van der Waals surface area contributed by atoms with Crippen LogP contribution in [0.25, 0.3) is 0 Å². The SMILES string of the molecule is CCCS(=O)(=O)N1CCN(C(=O)c2c(C)noc2C)CC1. The highest BCUT2D eigenvalue weighted by atomic mass is 32.2. The highest BCUT2D eigenvalue weighted by Gasteiger charge is 2.30. The molecular weight excluding hydrogens is 294 g/mol. The van der Waals surface area contributed by atoms with Gasteiger partial charge < -0.3 is 9.42 Å². The number of sulfonamides is 1. The highest BCUT2D eigenvalue weighted by Crippen LogP contribution is 2.17. The lowest BCUT2D eigenvalue weighted by molar-refractivity contribution is 0.0695. The zero-order valence-corrected chi connectivity index (χ0v) is 13.4. The summed E-state index contributed by atoms with van der Waals surface area (Å²) in [6, 6.07) is 0. The number of hydrogen-bond donors (Lipinski definition) is 0. The summed E-state index contributed by atoms with van der Waals surface area (Å²) in [5.74, 6) is 0.516. The molecule has 0 atom stereocenters. The van der Waals surface area contributed by atoms with Crippen LogP contribution in [0.5, 0.6) is 0 Å². The van der Waals surface area contributed by atoms with Gasteiger partial charge in [-0.25, -0.2) is 8.42 Å². The van der Waals surface area contributed by atoms with E-state index in [1.165, 1.54) is 4.31 Å². The molecule has 1 aromatic heterocycles. The van der Waals surface area contributed by atoms with Crippen molar-refractivity contribution in [2.45, 2.75) is 27.2 Å². The van der Waals surface area contributed by atoms with E-state index in [0.29, 0.717) is 49.6 Å². The van der Waals surface area contributed by atoms with Crippen molar-refractivity contribution in [3.8, 4) is 0 Å². The van der Waals surface area contributed by atoms with Gasteiger partial charge in [-0.2, -0.15) is 4.31 Å². The van der Waals surface area contributed by atoms with Crippen LogP contribution in [-0.2, 0) is 10.0 Å². The maximum Gasteiger partial charge on any atom is 0.259 e. The van der Waals surface area contributed by atoms with Crippen molar-refractivity contribution in [3.05, 3.63) is 17.0 Å². The first-order chi connectivity index (χ1) is 9.86. The Labute approximate surface area is 124 Å². The van der Waals surface area contributed by atoms with Crippen LogP contribution >= 0.6 is 0 Å². The molecule has 0 N–H and O–H groups in total. The number of carbonyl (C=O) groups excluding carboxylic acids is 1. The maximum absolute atomic E-state index is 12.4. The van der Waals surface area contributed by atoms with Gasteiger partial charge in [0.25, 0.3) is 5.91 Å². The molecule has 1 amide bonds. The van der Waals surface area contributed by atoms with Crippen LogP contribution in [0.15, 0.2) is 4.52 Å². The van der Waals surface area contributed by atoms with Crippen molar-refractivity contribution in [2.24, 2.45) is 0 Å². The molecule has 1 fully saturated rings. The Morgan fingerprint density at radius 3 is 2.33 bits per heavy atom. The van der Waals surface area contributed by atoms with Gasteiger partial charge in [-0.05, 0) is 20.3 Å². The minimum Gasteiger partial charge on any atom is -0.361 e. The van der Waals surface area contributed by atoms with Gasteiger partial charge in [-0.1, -0.05) is 12.1 Å². The summed E-state index contributed by atoms with van der Waals surface area (Å²) in [6.45, 7) is 6.75. The quantitative estimate of drug-likeness (QED) is 0.820. The molecule has 21 heavy (non-hydrogen) atoms. The summed E-state index contributed by atoms with van der Waals surface area (Å²) < 4.78 is 30.5. The van der Waals surface area contributed by atoms with Crippen molar-refractivity contribution in [3.63, 3.8) is 0 Å². The van der Waals surface area contributed by atoms with E-state index in [2.05, 4.69) is 5.16 Å². The van der Waals surface area contributed by atoms with E-state index in [4.69, 9.17) is 4.52 Å². The van der Waals surface area contributed by atoms with Gasteiger partial charge >= 0.3 is 0 Å². The molecule has 118 valence electrons. The molecule has 0 saturated carbocycles. The first-order valence-corrected chi connectivity index (χ1v) is 8.67. The summed E-state index contributed by atoms with van der Waals surface area (Å²) in [7, 11) is -3.19. The number of aryl methyl sites for hydroxylation is 2.